The van der Waals surface area contributed by atoms with E-state index in [1.807, 2.05) is 12.1 Å². The average molecular weight is 503 g/mol. The third kappa shape index (κ3) is 5.43. The zero-order valence-corrected chi connectivity index (χ0v) is 17.9. The predicted octanol–water partition coefficient (Wildman–Crippen LogP) is 4.33. The van der Waals surface area contributed by atoms with Gasteiger partial charge in [0.25, 0.3) is 0 Å². The Bertz CT molecular complexity index is 661. The van der Waals surface area contributed by atoms with Crippen LogP contribution in [0.4, 0.5) is 0 Å². The molecule has 0 unspecified atom stereocenters. The molecule has 0 N–H and O–H groups in total. The first-order chi connectivity index (χ1) is 11.7. The Hall–Kier alpha value is -1.17. The summed E-state index contributed by atoms with van der Waals surface area (Å²) in [4.78, 5) is 0. The fourth-order valence-corrected chi connectivity index (χ4v) is 5.58. The van der Waals surface area contributed by atoms with Gasteiger partial charge in [0.05, 0.1) is 0 Å². The molecule has 0 saturated heterocycles. The van der Waals surface area contributed by atoms with E-state index in [2.05, 4.69) is 59.0 Å². The second kappa shape index (κ2) is 9.96. The number of hydrogen-bond donors (Lipinski definition) is 0. The zero-order chi connectivity index (χ0) is 17.4. The molecule has 0 spiro atoms. The second-order valence-electron chi connectivity index (χ2n) is 4.96. The van der Waals surface area contributed by atoms with Crippen molar-refractivity contribution in [1.29, 1.82) is 0 Å². The first-order valence-corrected chi connectivity index (χ1v) is 10.7. The molecule has 2 aromatic carbocycles. The zero-order valence-electron chi connectivity index (χ0n) is 14.0. The summed E-state index contributed by atoms with van der Waals surface area (Å²) >= 11 is 2.93. The van der Waals surface area contributed by atoms with Crippen molar-refractivity contribution in [2.75, 3.05) is 21.3 Å². The third-order valence-electron chi connectivity index (χ3n) is 3.36. The van der Waals surface area contributed by atoms with Crippen LogP contribution in [0, 0.1) is 0 Å². The van der Waals surface area contributed by atoms with Gasteiger partial charge in [0.1, 0.15) is 0 Å². The molecule has 0 atom stereocenters. The molecular formula is C19H21IO3Se. The number of methoxy groups -OCH3 is 3. The van der Waals surface area contributed by atoms with Gasteiger partial charge in [-0.25, -0.2) is 0 Å². The van der Waals surface area contributed by atoms with Gasteiger partial charge in [-0.3, -0.25) is 0 Å². The molecule has 0 aromatic heterocycles. The summed E-state index contributed by atoms with van der Waals surface area (Å²) in [5.41, 5.74) is 1.06. The van der Waals surface area contributed by atoms with E-state index >= 15 is 0 Å². The van der Waals surface area contributed by atoms with Crippen molar-refractivity contribution in [3.05, 3.63) is 51.6 Å². The Morgan fingerprint density at radius 2 is 1.62 bits per heavy atom. The van der Waals surface area contributed by atoms with Crippen LogP contribution in [0.2, 0.25) is 5.32 Å². The van der Waals surface area contributed by atoms with Crippen LogP contribution in [0.15, 0.2) is 46.0 Å². The van der Waals surface area contributed by atoms with Gasteiger partial charge < -0.3 is 0 Å². The van der Waals surface area contributed by atoms with Crippen LogP contribution in [0.25, 0.3) is 6.08 Å². The molecule has 0 heterocycles. The van der Waals surface area contributed by atoms with E-state index < -0.39 is 0 Å². The molecule has 0 aliphatic rings. The Kier molecular flexibility index (Phi) is 7.95. The van der Waals surface area contributed by atoms with Gasteiger partial charge >= 0.3 is 164 Å². The van der Waals surface area contributed by atoms with Crippen molar-refractivity contribution in [1.82, 2.24) is 0 Å². The normalized spacial score (nSPS) is 11.2. The van der Waals surface area contributed by atoms with Gasteiger partial charge in [0, 0.05) is 0 Å². The summed E-state index contributed by atoms with van der Waals surface area (Å²) in [6.07, 6.45) is 3.25. The maximum atomic E-state index is 5.41. The fraction of sp³-hybridized carbons (Fsp3) is 0.263. The van der Waals surface area contributed by atoms with Crippen LogP contribution < -0.4 is 18.7 Å². The van der Waals surface area contributed by atoms with Crippen molar-refractivity contribution in [2.45, 2.75) is 11.7 Å². The molecule has 0 bridgehead atoms. The van der Waals surface area contributed by atoms with E-state index in [-0.39, 0.29) is 0 Å². The quantitative estimate of drug-likeness (QED) is 0.397. The van der Waals surface area contributed by atoms with E-state index in [9.17, 15) is 0 Å². The van der Waals surface area contributed by atoms with Crippen LogP contribution >= 0.6 is 22.6 Å². The molecule has 0 amide bonds. The summed E-state index contributed by atoms with van der Waals surface area (Å²) in [6, 6.07) is 14.6. The molecule has 0 fully saturated rings. The first kappa shape index (κ1) is 19.2. The van der Waals surface area contributed by atoms with Crippen LogP contribution in [-0.4, -0.2) is 36.3 Å². The van der Waals surface area contributed by atoms with Crippen molar-refractivity contribution in [3.63, 3.8) is 0 Å². The van der Waals surface area contributed by atoms with E-state index in [0.717, 1.165) is 12.0 Å². The summed E-state index contributed by atoms with van der Waals surface area (Å²) in [5.74, 6) is 1.99. The average Bonchev–Trinajstić information content (AvgIpc) is 2.61. The fourth-order valence-electron chi connectivity index (χ4n) is 2.22. The van der Waals surface area contributed by atoms with Gasteiger partial charge in [0.15, 0.2) is 0 Å². The number of rotatable bonds is 8. The molecule has 24 heavy (non-hydrogen) atoms. The predicted molar refractivity (Wildman–Crippen MR) is 109 cm³/mol. The maximum absolute atomic E-state index is 5.41. The van der Waals surface area contributed by atoms with E-state index in [4.69, 9.17) is 14.2 Å². The minimum atomic E-state index is 0.515. The van der Waals surface area contributed by atoms with E-state index in [1.54, 1.807) is 21.3 Å². The summed E-state index contributed by atoms with van der Waals surface area (Å²) in [5, 5.41) is 1.19. The van der Waals surface area contributed by atoms with Crippen LogP contribution in [-0.2, 0) is 0 Å². The van der Waals surface area contributed by atoms with Crippen LogP contribution in [0.3, 0.4) is 0 Å². The van der Waals surface area contributed by atoms with Crippen molar-refractivity contribution < 1.29 is 14.2 Å². The van der Waals surface area contributed by atoms with Gasteiger partial charge in [0.2, 0.25) is 0 Å². The van der Waals surface area contributed by atoms with Gasteiger partial charge in [-0.1, -0.05) is 0 Å². The third-order valence-corrected chi connectivity index (χ3v) is 6.34. The molecular weight excluding hydrogens is 482 g/mol. The van der Waals surface area contributed by atoms with Crippen LogP contribution in [0.5, 0.6) is 17.2 Å². The molecule has 0 saturated carbocycles. The van der Waals surface area contributed by atoms with E-state index in [1.165, 1.54) is 13.4 Å². The van der Waals surface area contributed by atoms with Gasteiger partial charge in [-0.05, 0) is 0 Å². The van der Waals surface area contributed by atoms with Crippen molar-refractivity contribution >= 4 is 48.1 Å². The Balaban J connectivity index is 2.06. The molecule has 0 aliphatic carbocycles. The molecule has 2 aromatic rings. The molecule has 0 radical (unpaired) electrons. The number of ether oxygens (including phenoxy) is 3. The number of allylic oxidation sites excluding steroid dienone is 1. The topological polar surface area (TPSA) is 27.7 Å². The molecule has 5 heteroatoms. The minimum absolute atomic E-state index is 0.515. The molecule has 128 valence electrons. The van der Waals surface area contributed by atoms with Crippen LogP contribution in [0.1, 0.15) is 12.0 Å². The Morgan fingerprint density at radius 1 is 1.00 bits per heavy atom. The van der Waals surface area contributed by atoms with E-state index in [0.29, 0.717) is 32.2 Å². The van der Waals surface area contributed by atoms with Crippen molar-refractivity contribution in [3.8, 4) is 17.2 Å². The molecule has 0 aliphatic heterocycles. The summed E-state index contributed by atoms with van der Waals surface area (Å²) in [7, 11) is 4.89. The number of halogens is 1. The second-order valence-corrected chi connectivity index (χ2v) is 8.80. The summed E-state index contributed by atoms with van der Waals surface area (Å²) < 4.78 is 18.9. The number of hydrogen-bond acceptors (Lipinski definition) is 3. The van der Waals surface area contributed by atoms with Gasteiger partial charge in [-0.2, -0.15) is 0 Å². The Labute approximate surface area is 163 Å². The monoisotopic (exact) mass is 504 g/mol. The molecule has 3 nitrogen and oxygen atoms in total. The summed E-state index contributed by atoms with van der Waals surface area (Å²) in [6.45, 7) is 0. The first-order valence-electron chi connectivity index (χ1n) is 7.52. The molecule has 2 rings (SSSR count). The Morgan fingerprint density at radius 3 is 2.17 bits per heavy atom. The van der Waals surface area contributed by atoms with Crippen molar-refractivity contribution in [2.24, 2.45) is 0 Å². The SMILES string of the molecule is COc1cc(/C=C(\I)CC[Se]c2ccccc2)cc(OC)c1OC. The number of benzene rings is 2. The van der Waals surface area contributed by atoms with Gasteiger partial charge in [-0.15, -0.1) is 0 Å². The standard InChI is InChI=1S/C19H21IO3Se/c1-21-17-12-14(13-18(22-2)19(17)23-3)11-15(20)9-10-24-16-7-5-4-6-8-16/h4-8,11-13H,9-10H2,1-3H3/b15-11-.